The summed E-state index contributed by atoms with van der Waals surface area (Å²) in [6.45, 7) is 11.6. The third-order valence-corrected chi connectivity index (χ3v) is 13.3. The van der Waals surface area contributed by atoms with Gasteiger partial charge in [0.05, 0.1) is 0 Å². The molecule has 4 fully saturated rings. The predicted molar refractivity (Wildman–Crippen MR) is 261 cm³/mol. The maximum absolute atomic E-state index is 12.0. The molecule has 2 saturated carbocycles. The molecular weight excluding hydrogens is 873 g/mol. The molecule has 10 rings (SSSR count). The summed E-state index contributed by atoms with van der Waals surface area (Å²) >= 11 is 3.00. The van der Waals surface area contributed by atoms with Crippen LogP contribution in [0.15, 0.2) is 92.9 Å². The summed E-state index contributed by atoms with van der Waals surface area (Å²) in [5.41, 5.74) is 3.60. The van der Waals surface area contributed by atoms with Crippen molar-refractivity contribution in [2.75, 3.05) is 97.5 Å². The van der Waals surface area contributed by atoms with Gasteiger partial charge in [0.15, 0.2) is 21.9 Å². The van der Waals surface area contributed by atoms with Crippen molar-refractivity contribution >= 4 is 81.6 Å². The van der Waals surface area contributed by atoms with Crippen LogP contribution in [0.1, 0.15) is 37.1 Å². The number of carbonyl (C=O) groups excluding carboxylic acids is 2. The van der Waals surface area contributed by atoms with E-state index in [9.17, 15) is 9.59 Å². The number of benzene rings is 2. The van der Waals surface area contributed by atoms with Crippen molar-refractivity contribution in [2.24, 2.45) is 11.8 Å². The van der Waals surface area contributed by atoms with Crippen LogP contribution in [0.25, 0.3) is 0 Å². The van der Waals surface area contributed by atoms with Crippen molar-refractivity contribution in [1.29, 1.82) is 0 Å². The lowest BCUT2D eigenvalue weighted by Crippen LogP contribution is -2.44. The zero-order valence-corrected chi connectivity index (χ0v) is 39.3. The van der Waals surface area contributed by atoms with Gasteiger partial charge in [-0.15, -0.1) is 0 Å². The number of aromatic nitrogens is 8. The SMILES string of the molecule is Cc1cc(Nc2cc(N3CCN(C)CC3)nc(Sc3ccc(NC(=O)C4CC4)cc3)n2)n[nH]1.Cc1cc(Nc2cc(N3CCN(C)CC3)nc(Sc3ccc(NC(=O)C4CC4)cc3)n2)n[nH]1. The summed E-state index contributed by atoms with van der Waals surface area (Å²) in [4.78, 5) is 54.4. The zero-order valence-electron chi connectivity index (χ0n) is 37.7. The molecule has 4 aromatic heterocycles. The highest BCUT2D eigenvalue weighted by molar-refractivity contribution is 7.99. The van der Waals surface area contributed by atoms with Gasteiger partial charge >= 0.3 is 0 Å². The van der Waals surface area contributed by atoms with E-state index in [1.165, 1.54) is 23.5 Å². The van der Waals surface area contributed by atoms with Crippen LogP contribution in [0.2, 0.25) is 0 Å². The van der Waals surface area contributed by atoms with Crippen molar-refractivity contribution < 1.29 is 9.59 Å². The Kier molecular flexibility index (Phi) is 14.0. The van der Waals surface area contributed by atoms with Crippen molar-refractivity contribution in [1.82, 2.24) is 50.1 Å². The lowest BCUT2D eigenvalue weighted by Gasteiger charge is -2.33. The van der Waals surface area contributed by atoms with Gasteiger partial charge < -0.3 is 40.9 Å². The third-order valence-electron chi connectivity index (χ3n) is 11.5. The first-order valence-corrected chi connectivity index (χ1v) is 24.1. The summed E-state index contributed by atoms with van der Waals surface area (Å²) in [5, 5.41) is 28.3. The molecule has 66 heavy (non-hydrogen) atoms. The van der Waals surface area contributed by atoms with Crippen LogP contribution < -0.4 is 31.1 Å². The molecule has 18 nitrogen and oxygen atoms in total. The van der Waals surface area contributed by atoms with Crippen molar-refractivity contribution in [3.63, 3.8) is 0 Å². The number of aromatic amines is 2. The van der Waals surface area contributed by atoms with Crippen LogP contribution in [-0.4, -0.2) is 128 Å². The second-order valence-electron chi connectivity index (χ2n) is 17.3. The van der Waals surface area contributed by atoms with Gasteiger partial charge in [-0.05, 0) is 126 Å². The van der Waals surface area contributed by atoms with Crippen LogP contribution >= 0.6 is 23.5 Å². The largest absolute Gasteiger partial charge is 0.354 e. The Hall–Kier alpha value is -6.22. The Morgan fingerprint density at radius 2 is 0.909 bits per heavy atom. The predicted octanol–water partition coefficient (Wildman–Crippen LogP) is 7.01. The fourth-order valence-corrected chi connectivity index (χ4v) is 8.80. The van der Waals surface area contributed by atoms with E-state index in [0.717, 1.165) is 134 Å². The van der Waals surface area contributed by atoms with Gasteiger partial charge in [0.1, 0.15) is 23.3 Å². The molecule has 2 aromatic carbocycles. The summed E-state index contributed by atoms with van der Waals surface area (Å²) < 4.78 is 0. The monoisotopic (exact) mass is 928 g/mol. The Morgan fingerprint density at radius 3 is 1.24 bits per heavy atom. The van der Waals surface area contributed by atoms with E-state index in [1.54, 1.807) is 0 Å². The van der Waals surface area contributed by atoms with Gasteiger partial charge in [0, 0.05) is 121 Å². The van der Waals surface area contributed by atoms with E-state index in [4.69, 9.17) is 19.9 Å². The van der Waals surface area contributed by atoms with Crippen molar-refractivity contribution in [3.8, 4) is 0 Å². The number of hydrogen-bond acceptors (Lipinski definition) is 16. The highest BCUT2D eigenvalue weighted by Crippen LogP contribution is 2.34. The highest BCUT2D eigenvalue weighted by Gasteiger charge is 2.30. The Labute approximate surface area is 392 Å². The standard InChI is InChI=1S/2C23H28N8OS/c2*1-15-13-20(29-28-15)25-19-14-21(31-11-9-30(2)10-12-31)27-23(26-19)33-18-7-5-17(6-8-18)24-22(32)16-3-4-16/h2*5-8,13-14,16H,3-4,9-12H2,1-2H3,(H,24,32)(H2,25,26,27,28,29). The molecule has 6 aromatic rings. The van der Waals surface area contributed by atoms with Crippen molar-refractivity contribution in [3.05, 3.63) is 84.2 Å². The van der Waals surface area contributed by atoms with Crippen LogP contribution in [0, 0.1) is 25.7 Å². The first-order chi connectivity index (χ1) is 32.0. The average molecular weight is 929 g/mol. The molecule has 6 N–H and O–H groups in total. The minimum atomic E-state index is 0.114. The first kappa shape index (κ1) is 45.0. The van der Waals surface area contributed by atoms with E-state index in [1.807, 2.05) is 86.6 Å². The molecule has 2 aliphatic carbocycles. The fourth-order valence-electron chi connectivity index (χ4n) is 7.27. The smallest absolute Gasteiger partial charge is 0.227 e. The number of nitrogens with zero attached hydrogens (tertiary/aromatic N) is 10. The number of hydrogen-bond donors (Lipinski definition) is 6. The number of likely N-dealkylation sites (N-methyl/N-ethyl adjacent to an activating group) is 2. The summed E-state index contributed by atoms with van der Waals surface area (Å²) in [6.07, 6.45) is 3.98. The normalized spacial score (nSPS) is 16.6. The molecule has 2 aliphatic heterocycles. The maximum Gasteiger partial charge on any atom is 0.227 e. The average Bonchev–Trinajstić information content (AvgIpc) is 4.25. The lowest BCUT2D eigenvalue weighted by molar-refractivity contribution is -0.118. The Morgan fingerprint density at radius 1 is 0.530 bits per heavy atom. The van der Waals surface area contributed by atoms with Gasteiger partial charge in [-0.1, -0.05) is 0 Å². The van der Waals surface area contributed by atoms with E-state index >= 15 is 0 Å². The Balaban J connectivity index is 0.000000166. The molecule has 0 atom stereocenters. The third kappa shape index (κ3) is 12.6. The van der Waals surface area contributed by atoms with E-state index < -0.39 is 0 Å². The summed E-state index contributed by atoms with van der Waals surface area (Å²) in [5.74, 6) is 5.29. The van der Waals surface area contributed by atoms with Crippen LogP contribution in [0.4, 0.5) is 46.3 Å². The second kappa shape index (κ2) is 20.5. The number of rotatable bonds is 14. The number of piperazine rings is 2. The maximum atomic E-state index is 12.0. The molecule has 0 unspecified atom stereocenters. The molecule has 2 saturated heterocycles. The number of carbonyl (C=O) groups is 2. The lowest BCUT2D eigenvalue weighted by atomic mass is 10.3. The topological polar surface area (TPSA) is 204 Å². The number of amides is 2. The number of anilines is 8. The van der Waals surface area contributed by atoms with Gasteiger partial charge in [-0.25, -0.2) is 19.9 Å². The van der Waals surface area contributed by atoms with Crippen LogP contribution in [-0.2, 0) is 9.59 Å². The quantitative estimate of drug-likeness (QED) is 0.0609. The molecule has 0 bridgehead atoms. The van der Waals surface area contributed by atoms with Crippen LogP contribution in [0.3, 0.4) is 0 Å². The Bertz CT molecular complexity index is 2420. The van der Waals surface area contributed by atoms with E-state index in [2.05, 4.69) is 75.4 Å². The molecule has 0 spiro atoms. The molecular formula is C46H56N16O2S2. The highest BCUT2D eigenvalue weighted by atomic mass is 32.2. The van der Waals surface area contributed by atoms with Gasteiger partial charge in [0.25, 0.3) is 0 Å². The second-order valence-corrected chi connectivity index (χ2v) is 19.4. The number of aryl methyl sites for hydroxylation is 2. The minimum Gasteiger partial charge on any atom is -0.354 e. The summed E-state index contributed by atoms with van der Waals surface area (Å²) in [6, 6.07) is 23.5. The molecule has 20 heteroatoms. The van der Waals surface area contributed by atoms with Gasteiger partial charge in [-0.2, -0.15) is 10.2 Å². The van der Waals surface area contributed by atoms with E-state index in [-0.39, 0.29) is 23.7 Å². The first-order valence-electron chi connectivity index (χ1n) is 22.4. The number of nitrogens with one attached hydrogen (secondary N) is 6. The van der Waals surface area contributed by atoms with Gasteiger partial charge in [0.2, 0.25) is 11.8 Å². The molecule has 344 valence electrons. The number of H-pyrrole nitrogens is 2. The molecule has 0 radical (unpaired) electrons. The van der Waals surface area contributed by atoms with E-state index in [0.29, 0.717) is 21.9 Å². The van der Waals surface area contributed by atoms with Gasteiger partial charge in [-0.3, -0.25) is 19.8 Å². The van der Waals surface area contributed by atoms with Crippen molar-refractivity contribution in [2.45, 2.75) is 59.6 Å². The molecule has 6 heterocycles. The summed E-state index contributed by atoms with van der Waals surface area (Å²) in [7, 11) is 4.28. The fraction of sp³-hybridized carbons (Fsp3) is 0.391. The minimum absolute atomic E-state index is 0.114. The molecule has 2 amide bonds. The molecule has 4 aliphatic rings. The van der Waals surface area contributed by atoms with Crippen LogP contribution in [0.5, 0.6) is 0 Å². The zero-order chi connectivity index (χ0) is 45.6.